The van der Waals surface area contributed by atoms with Crippen molar-refractivity contribution < 1.29 is 17.9 Å². The van der Waals surface area contributed by atoms with Gasteiger partial charge >= 0.3 is 5.97 Å². The Kier molecular flexibility index (Phi) is 7.02. The maximum Gasteiger partial charge on any atom is 0.324 e. The Labute approximate surface area is 183 Å². The highest BCUT2D eigenvalue weighted by atomic mass is 32.2. The smallest absolute Gasteiger partial charge is 0.324 e. The van der Waals surface area contributed by atoms with Crippen molar-refractivity contribution in [3.8, 4) is 10.4 Å². The van der Waals surface area contributed by atoms with Crippen LogP contribution in [0.25, 0.3) is 10.4 Å². The molecule has 0 unspecified atom stereocenters. The van der Waals surface area contributed by atoms with Gasteiger partial charge in [-0.1, -0.05) is 29.8 Å². The number of ether oxygens (including phenoxy) is 1. The highest BCUT2D eigenvalue weighted by Crippen LogP contribution is 2.31. The average molecular weight is 451 g/mol. The number of sulfonamides is 1. The highest BCUT2D eigenvalue weighted by molar-refractivity contribution is 7.91. The zero-order valence-corrected chi connectivity index (χ0v) is 19.5. The SMILES string of the molecule is Cc1ccc(-c2ccc(S(=O)(=O)N[C@@H](C(=O)OC(C)(C)C)C3CCNCC3)s2)cc1. The molecule has 8 heteroatoms. The molecule has 0 spiro atoms. The predicted molar refractivity (Wildman–Crippen MR) is 120 cm³/mol. The summed E-state index contributed by atoms with van der Waals surface area (Å²) < 4.78 is 34.6. The molecular weight excluding hydrogens is 420 g/mol. The molecule has 0 bridgehead atoms. The molecule has 0 amide bonds. The van der Waals surface area contributed by atoms with E-state index in [1.165, 1.54) is 11.3 Å². The fraction of sp³-hybridized carbons (Fsp3) is 0.500. The first-order valence-electron chi connectivity index (χ1n) is 10.2. The van der Waals surface area contributed by atoms with Gasteiger partial charge in [-0.2, -0.15) is 4.72 Å². The molecule has 3 rings (SSSR count). The third kappa shape index (κ3) is 5.91. The quantitative estimate of drug-likeness (QED) is 0.656. The van der Waals surface area contributed by atoms with E-state index < -0.39 is 27.6 Å². The maximum absolute atomic E-state index is 13.1. The Balaban J connectivity index is 1.83. The van der Waals surface area contributed by atoms with Crippen molar-refractivity contribution in [2.75, 3.05) is 13.1 Å². The molecule has 2 heterocycles. The summed E-state index contributed by atoms with van der Waals surface area (Å²) in [5.41, 5.74) is 1.43. The lowest BCUT2D eigenvalue weighted by atomic mass is 9.91. The Bertz CT molecular complexity index is 969. The number of hydrogen-bond donors (Lipinski definition) is 2. The van der Waals surface area contributed by atoms with E-state index in [1.54, 1.807) is 32.9 Å². The number of nitrogens with one attached hydrogen (secondary N) is 2. The topological polar surface area (TPSA) is 84.5 Å². The number of benzene rings is 1. The van der Waals surface area contributed by atoms with Gasteiger partial charge in [-0.3, -0.25) is 4.79 Å². The molecule has 6 nitrogen and oxygen atoms in total. The molecule has 0 aliphatic carbocycles. The van der Waals surface area contributed by atoms with E-state index in [-0.39, 0.29) is 10.1 Å². The highest BCUT2D eigenvalue weighted by Gasteiger charge is 2.36. The van der Waals surface area contributed by atoms with Crippen LogP contribution in [-0.2, 0) is 19.6 Å². The second-order valence-corrected chi connectivity index (χ2v) is 11.7. The zero-order chi connectivity index (χ0) is 21.9. The van der Waals surface area contributed by atoms with E-state index in [9.17, 15) is 13.2 Å². The van der Waals surface area contributed by atoms with Gasteiger partial charge in [0.2, 0.25) is 0 Å². The fourth-order valence-corrected chi connectivity index (χ4v) is 6.02. The van der Waals surface area contributed by atoms with E-state index in [4.69, 9.17) is 4.74 Å². The van der Waals surface area contributed by atoms with Crippen LogP contribution < -0.4 is 10.0 Å². The lowest BCUT2D eigenvalue weighted by Gasteiger charge is -2.31. The Morgan fingerprint density at radius 1 is 1.13 bits per heavy atom. The minimum Gasteiger partial charge on any atom is -0.459 e. The molecule has 1 aliphatic heterocycles. The fourth-order valence-electron chi connectivity index (χ4n) is 3.44. The van der Waals surface area contributed by atoms with Crippen LogP contribution in [0.15, 0.2) is 40.6 Å². The van der Waals surface area contributed by atoms with Crippen LogP contribution in [0.3, 0.4) is 0 Å². The van der Waals surface area contributed by atoms with E-state index in [0.29, 0.717) is 12.8 Å². The van der Waals surface area contributed by atoms with Crippen molar-refractivity contribution in [3.63, 3.8) is 0 Å². The van der Waals surface area contributed by atoms with Crippen molar-refractivity contribution >= 4 is 27.3 Å². The molecular formula is C22H30N2O4S2. The van der Waals surface area contributed by atoms with Gasteiger partial charge < -0.3 is 10.1 Å². The van der Waals surface area contributed by atoms with Crippen molar-refractivity contribution in [2.24, 2.45) is 5.92 Å². The minimum atomic E-state index is -3.86. The summed E-state index contributed by atoms with van der Waals surface area (Å²) in [4.78, 5) is 13.7. The van der Waals surface area contributed by atoms with Crippen molar-refractivity contribution in [1.82, 2.24) is 10.0 Å². The number of aryl methyl sites for hydroxylation is 1. The molecule has 2 N–H and O–H groups in total. The molecule has 0 radical (unpaired) electrons. The standard InChI is InChI=1S/C22H30N2O4S2/c1-15-5-7-16(8-6-15)18-9-10-19(29-18)30(26,27)24-20(17-11-13-23-14-12-17)21(25)28-22(2,3)4/h5-10,17,20,23-24H,11-14H2,1-4H3/t20-/m1/s1. The summed E-state index contributed by atoms with van der Waals surface area (Å²) >= 11 is 1.20. The minimum absolute atomic E-state index is 0.104. The number of hydrogen-bond acceptors (Lipinski definition) is 6. The van der Waals surface area contributed by atoms with Gasteiger partial charge in [0, 0.05) is 4.88 Å². The summed E-state index contributed by atoms with van der Waals surface area (Å²) in [6.45, 7) is 8.87. The van der Waals surface area contributed by atoms with Crippen LogP contribution in [0.1, 0.15) is 39.2 Å². The monoisotopic (exact) mass is 450 g/mol. The maximum atomic E-state index is 13.1. The second kappa shape index (κ2) is 9.18. The van der Waals surface area contributed by atoms with Gasteiger partial charge in [0.1, 0.15) is 15.9 Å². The first-order valence-corrected chi connectivity index (χ1v) is 12.5. The van der Waals surface area contributed by atoms with Crippen molar-refractivity contribution in [1.29, 1.82) is 0 Å². The number of carbonyl (C=O) groups excluding carboxylic acids is 1. The Morgan fingerprint density at radius 3 is 2.37 bits per heavy atom. The average Bonchev–Trinajstić information content (AvgIpc) is 3.17. The summed E-state index contributed by atoms with van der Waals surface area (Å²) in [5, 5.41) is 3.25. The third-order valence-corrected chi connectivity index (χ3v) is 8.05. The number of rotatable bonds is 6. The van der Waals surface area contributed by atoms with Crippen LogP contribution in [0.5, 0.6) is 0 Å². The largest absolute Gasteiger partial charge is 0.459 e. The van der Waals surface area contributed by atoms with Gasteiger partial charge in [-0.25, -0.2) is 8.42 Å². The second-order valence-electron chi connectivity index (χ2n) is 8.70. The van der Waals surface area contributed by atoms with Crippen molar-refractivity contribution in [2.45, 2.75) is 56.4 Å². The third-order valence-electron chi connectivity index (χ3n) is 4.98. The van der Waals surface area contributed by atoms with Crippen LogP contribution in [0.2, 0.25) is 0 Å². The molecule has 1 saturated heterocycles. The van der Waals surface area contributed by atoms with Gasteiger partial charge in [0.15, 0.2) is 0 Å². The number of thiophene rings is 1. The summed E-state index contributed by atoms with van der Waals surface area (Å²) in [5.74, 6) is -0.624. The van der Waals surface area contributed by atoms with Gasteiger partial charge in [0.25, 0.3) is 10.0 Å². The lowest BCUT2D eigenvalue weighted by molar-refractivity contribution is -0.158. The Hall–Kier alpha value is -1.74. The number of esters is 1. The predicted octanol–water partition coefficient (Wildman–Crippen LogP) is 3.71. The summed E-state index contributed by atoms with van der Waals surface area (Å²) in [6.07, 6.45) is 1.43. The molecule has 1 aromatic carbocycles. The molecule has 1 atom stereocenters. The molecule has 2 aromatic rings. The van der Waals surface area contributed by atoms with E-state index in [0.717, 1.165) is 29.1 Å². The molecule has 1 aliphatic rings. The van der Waals surface area contributed by atoms with Crippen molar-refractivity contribution in [3.05, 3.63) is 42.0 Å². The molecule has 30 heavy (non-hydrogen) atoms. The molecule has 1 aromatic heterocycles. The lowest BCUT2D eigenvalue weighted by Crippen LogP contribution is -2.50. The van der Waals surface area contributed by atoms with Crippen LogP contribution in [0, 0.1) is 12.8 Å². The summed E-state index contributed by atoms with van der Waals surface area (Å²) in [6, 6.07) is 10.4. The van der Waals surface area contributed by atoms with Crippen LogP contribution >= 0.6 is 11.3 Å². The zero-order valence-electron chi connectivity index (χ0n) is 17.9. The molecule has 0 saturated carbocycles. The molecule has 1 fully saturated rings. The normalized spacial score (nSPS) is 16.9. The first-order chi connectivity index (χ1) is 14.0. The Morgan fingerprint density at radius 2 is 1.77 bits per heavy atom. The number of piperidine rings is 1. The van der Waals surface area contributed by atoms with Crippen LogP contribution in [-0.4, -0.2) is 39.1 Å². The summed E-state index contributed by atoms with van der Waals surface area (Å²) in [7, 11) is -3.86. The van der Waals surface area contributed by atoms with Gasteiger partial charge in [-0.05, 0) is 77.2 Å². The van der Waals surface area contributed by atoms with Gasteiger partial charge in [-0.15, -0.1) is 11.3 Å². The van der Waals surface area contributed by atoms with E-state index >= 15 is 0 Å². The first kappa shape index (κ1) is 22.9. The van der Waals surface area contributed by atoms with Crippen LogP contribution in [0.4, 0.5) is 0 Å². The van der Waals surface area contributed by atoms with Gasteiger partial charge in [0.05, 0.1) is 0 Å². The number of carbonyl (C=O) groups is 1. The van der Waals surface area contributed by atoms with E-state index in [1.807, 2.05) is 31.2 Å². The van der Waals surface area contributed by atoms with E-state index in [2.05, 4.69) is 10.0 Å². The molecule has 164 valence electrons.